The van der Waals surface area contributed by atoms with E-state index in [1.54, 1.807) is 12.1 Å². The van der Waals surface area contributed by atoms with Gasteiger partial charge in [0.2, 0.25) is 5.96 Å². The van der Waals surface area contributed by atoms with Crippen LogP contribution in [0.1, 0.15) is 18.4 Å². The molecule has 1 atom stereocenters. The van der Waals surface area contributed by atoms with Gasteiger partial charge in [0.25, 0.3) is 10.0 Å². The number of nitrogens with zero attached hydrogens (tertiary/aromatic N) is 1. The first-order valence-electron chi connectivity index (χ1n) is 6.99. The fourth-order valence-corrected chi connectivity index (χ4v) is 2.68. The Hall–Kier alpha value is -2.13. The largest absolute Gasteiger partial charge is 0.468 e. The van der Waals surface area contributed by atoms with Crippen molar-refractivity contribution in [2.24, 2.45) is 16.5 Å². The van der Waals surface area contributed by atoms with Crippen molar-refractivity contribution in [3.05, 3.63) is 29.8 Å². The van der Waals surface area contributed by atoms with Crippen molar-refractivity contribution in [3.63, 3.8) is 0 Å². The molecule has 8 nitrogen and oxygen atoms in total. The minimum Gasteiger partial charge on any atom is -0.468 e. The fourth-order valence-electron chi connectivity index (χ4n) is 1.73. The number of benzene rings is 1. The van der Waals surface area contributed by atoms with Gasteiger partial charge in [0.15, 0.2) is 0 Å². The monoisotopic (exact) mass is 342 g/mol. The number of esters is 1. The van der Waals surface area contributed by atoms with E-state index in [1.807, 2.05) is 6.92 Å². The first-order chi connectivity index (χ1) is 10.8. The second-order valence-electron chi connectivity index (χ2n) is 4.96. The molecule has 0 aliphatic rings. The first kappa shape index (κ1) is 18.9. The standard InChI is InChI=1S/C14H22N4O4S/c1-10-5-7-11(8-6-10)23(20,21)18-14(16)17-9-3-4-12(15)13(19)22-2/h5-8,12H,3-4,9,15H2,1-2H3,(H3,16,17,18). The normalized spacial score (nSPS) is 13.4. The van der Waals surface area contributed by atoms with E-state index in [9.17, 15) is 13.2 Å². The van der Waals surface area contributed by atoms with E-state index in [-0.39, 0.29) is 17.4 Å². The highest BCUT2D eigenvalue weighted by Gasteiger charge is 2.15. The molecule has 0 amide bonds. The lowest BCUT2D eigenvalue weighted by Crippen LogP contribution is -2.37. The molecule has 1 unspecified atom stereocenters. The number of sulfonamides is 1. The second kappa shape index (κ2) is 8.49. The van der Waals surface area contributed by atoms with E-state index < -0.39 is 22.0 Å². The number of nitrogens with two attached hydrogens (primary N) is 2. The number of rotatable bonds is 7. The van der Waals surface area contributed by atoms with Crippen LogP contribution >= 0.6 is 0 Å². The zero-order chi connectivity index (χ0) is 17.5. The Bertz CT molecular complexity index is 656. The van der Waals surface area contributed by atoms with Crippen molar-refractivity contribution >= 4 is 22.0 Å². The van der Waals surface area contributed by atoms with Crippen LogP contribution in [0.5, 0.6) is 0 Å². The van der Waals surface area contributed by atoms with Crippen molar-refractivity contribution in [3.8, 4) is 0 Å². The maximum Gasteiger partial charge on any atom is 0.322 e. The Morgan fingerprint density at radius 3 is 2.52 bits per heavy atom. The lowest BCUT2D eigenvalue weighted by molar-refractivity contribution is -0.142. The van der Waals surface area contributed by atoms with Crippen molar-refractivity contribution in [2.45, 2.75) is 30.7 Å². The molecule has 0 saturated carbocycles. The molecule has 0 bridgehead atoms. The summed E-state index contributed by atoms with van der Waals surface area (Å²) in [6.45, 7) is 2.10. The Morgan fingerprint density at radius 1 is 1.35 bits per heavy atom. The molecular weight excluding hydrogens is 320 g/mol. The highest BCUT2D eigenvalue weighted by Crippen LogP contribution is 2.09. The quantitative estimate of drug-likeness (QED) is 0.273. The van der Waals surface area contributed by atoms with Crippen molar-refractivity contribution in [2.75, 3.05) is 13.7 Å². The third kappa shape index (κ3) is 6.25. The van der Waals surface area contributed by atoms with Gasteiger partial charge in [-0.25, -0.2) is 13.1 Å². The average molecular weight is 342 g/mol. The minimum absolute atomic E-state index is 0.106. The molecule has 0 heterocycles. The number of carbonyl (C=O) groups excluding carboxylic acids is 1. The molecule has 1 rings (SSSR count). The van der Waals surface area contributed by atoms with Crippen LogP contribution in [0, 0.1) is 6.92 Å². The number of hydrogen-bond acceptors (Lipinski definition) is 6. The number of nitrogens with one attached hydrogen (secondary N) is 1. The average Bonchev–Trinajstić information content (AvgIpc) is 2.50. The lowest BCUT2D eigenvalue weighted by atomic mass is 10.2. The summed E-state index contributed by atoms with van der Waals surface area (Å²) < 4.78 is 30.8. The summed E-state index contributed by atoms with van der Waals surface area (Å²) in [6, 6.07) is 5.63. The fraction of sp³-hybridized carbons (Fsp3) is 0.429. The Morgan fingerprint density at radius 2 is 1.96 bits per heavy atom. The molecule has 5 N–H and O–H groups in total. The van der Waals surface area contributed by atoms with Gasteiger partial charge in [0, 0.05) is 6.54 Å². The van der Waals surface area contributed by atoms with Gasteiger partial charge in [-0.05, 0) is 31.9 Å². The molecule has 23 heavy (non-hydrogen) atoms. The smallest absolute Gasteiger partial charge is 0.322 e. The molecule has 9 heteroatoms. The zero-order valence-electron chi connectivity index (χ0n) is 13.2. The summed E-state index contributed by atoms with van der Waals surface area (Å²) in [5, 5.41) is 0. The summed E-state index contributed by atoms with van der Waals surface area (Å²) in [6.07, 6.45) is 0.845. The number of guanidine groups is 1. The van der Waals surface area contributed by atoms with Crippen LogP contribution in [0.25, 0.3) is 0 Å². The van der Waals surface area contributed by atoms with Crippen molar-refractivity contribution in [1.29, 1.82) is 0 Å². The van der Waals surface area contributed by atoms with Gasteiger partial charge in [-0.3, -0.25) is 9.79 Å². The number of carbonyl (C=O) groups is 1. The molecule has 1 aromatic carbocycles. The molecule has 128 valence electrons. The molecule has 1 aromatic rings. The summed E-state index contributed by atoms with van der Waals surface area (Å²) in [7, 11) is -2.49. The topological polar surface area (TPSA) is 137 Å². The Kier molecular flexibility index (Phi) is 6.98. The third-order valence-corrected chi connectivity index (χ3v) is 4.40. The first-order valence-corrected chi connectivity index (χ1v) is 8.47. The van der Waals surface area contributed by atoms with Gasteiger partial charge in [-0.2, -0.15) is 0 Å². The maximum atomic E-state index is 12.1. The van der Waals surface area contributed by atoms with Gasteiger partial charge < -0.3 is 16.2 Å². The van der Waals surface area contributed by atoms with Crippen LogP contribution in [-0.4, -0.2) is 40.0 Å². The van der Waals surface area contributed by atoms with E-state index in [2.05, 4.69) is 14.5 Å². The van der Waals surface area contributed by atoms with Gasteiger partial charge in [0.05, 0.1) is 12.0 Å². The van der Waals surface area contributed by atoms with E-state index in [0.717, 1.165) is 5.56 Å². The van der Waals surface area contributed by atoms with Gasteiger partial charge >= 0.3 is 5.97 Å². The van der Waals surface area contributed by atoms with Crippen LogP contribution in [0.15, 0.2) is 34.2 Å². The number of aliphatic imine (C=N–C) groups is 1. The molecule has 0 saturated heterocycles. The van der Waals surface area contributed by atoms with E-state index in [1.165, 1.54) is 19.2 Å². The van der Waals surface area contributed by atoms with E-state index >= 15 is 0 Å². The number of aryl methyl sites for hydroxylation is 1. The molecule has 0 aliphatic heterocycles. The van der Waals surface area contributed by atoms with Crippen LogP contribution in [0.2, 0.25) is 0 Å². The van der Waals surface area contributed by atoms with Crippen LogP contribution in [-0.2, 0) is 19.6 Å². The second-order valence-corrected chi connectivity index (χ2v) is 6.64. The third-order valence-electron chi connectivity index (χ3n) is 3.03. The predicted molar refractivity (Wildman–Crippen MR) is 87.2 cm³/mol. The summed E-state index contributed by atoms with van der Waals surface area (Å²) in [5.41, 5.74) is 12.1. The van der Waals surface area contributed by atoms with E-state index in [0.29, 0.717) is 12.8 Å². The lowest BCUT2D eigenvalue weighted by Gasteiger charge is -2.09. The number of methoxy groups -OCH3 is 1. The Balaban J connectivity index is 2.53. The maximum absolute atomic E-state index is 12.1. The predicted octanol–water partition coefficient (Wildman–Crippen LogP) is -0.131. The zero-order valence-corrected chi connectivity index (χ0v) is 14.0. The number of ether oxygens (including phenoxy) is 1. The highest BCUT2D eigenvalue weighted by molar-refractivity contribution is 7.90. The Labute approximate surface area is 136 Å². The SMILES string of the molecule is COC(=O)C(N)CCCN=C(N)NS(=O)(=O)c1ccc(C)cc1. The highest BCUT2D eigenvalue weighted by atomic mass is 32.2. The van der Waals surface area contributed by atoms with Gasteiger partial charge in [-0.15, -0.1) is 0 Å². The van der Waals surface area contributed by atoms with Crippen molar-refractivity contribution < 1.29 is 17.9 Å². The molecule has 0 aromatic heterocycles. The van der Waals surface area contributed by atoms with Crippen LogP contribution in [0.3, 0.4) is 0 Å². The van der Waals surface area contributed by atoms with Crippen LogP contribution < -0.4 is 16.2 Å². The molecule has 0 aliphatic carbocycles. The summed E-state index contributed by atoms with van der Waals surface area (Å²) in [4.78, 5) is 15.1. The minimum atomic E-state index is -3.75. The van der Waals surface area contributed by atoms with Crippen LogP contribution in [0.4, 0.5) is 0 Å². The summed E-state index contributed by atoms with van der Waals surface area (Å²) >= 11 is 0. The number of hydrogen-bond donors (Lipinski definition) is 3. The van der Waals surface area contributed by atoms with E-state index in [4.69, 9.17) is 11.5 Å². The van der Waals surface area contributed by atoms with Crippen molar-refractivity contribution in [1.82, 2.24) is 4.72 Å². The molecule has 0 radical (unpaired) electrons. The molecule has 0 fully saturated rings. The molecular formula is C14H22N4O4S. The van der Waals surface area contributed by atoms with Gasteiger partial charge in [-0.1, -0.05) is 17.7 Å². The summed E-state index contributed by atoms with van der Waals surface area (Å²) in [5.74, 6) is -0.709. The molecule has 0 spiro atoms. The van der Waals surface area contributed by atoms with Gasteiger partial charge in [0.1, 0.15) is 6.04 Å².